The third-order valence-corrected chi connectivity index (χ3v) is 5.60. The maximum Gasteiger partial charge on any atom is 0.191 e. The summed E-state index contributed by atoms with van der Waals surface area (Å²) in [4.78, 5) is 9.73. The van der Waals surface area contributed by atoms with Crippen molar-refractivity contribution in [1.29, 1.82) is 0 Å². The van der Waals surface area contributed by atoms with Crippen LogP contribution >= 0.6 is 24.0 Å². The van der Waals surface area contributed by atoms with Gasteiger partial charge in [-0.05, 0) is 38.3 Å². The van der Waals surface area contributed by atoms with Crippen LogP contribution in [0.4, 0.5) is 5.69 Å². The number of rotatable bonds is 11. The van der Waals surface area contributed by atoms with Crippen molar-refractivity contribution >= 4 is 35.6 Å². The van der Waals surface area contributed by atoms with E-state index in [1.54, 1.807) is 14.2 Å². The van der Waals surface area contributed by atoms with Gasteiger partial charge in [-0.15, -0.1) is 24.0 Å². The second-order valence-corrected chi connectivity index (χ2v) is 7.77. The van der Waals surface area contributed by atoms with Crippen LogP contribution in [0.15, 0.2) is 29.3 Å². The molecule has 2 N–H and O–H groups in total. The Balaban J connectivity index is 0.00000320. The molecule has 170 valence electrons. The molecule has 1 unspecified atom stereocenters. The largest absolute Gasteiger partial charge is 0.495 e. The van der Waals surface area contributed by atoms with Gasteiger partial charge in [0.2, 0.25) is 0 Å². The Morgan fingerprint density at radius 2 is 2.00 bits per heavy atom. The number of para-hydroxylation sites is 2. The summed E-state index contributed by atoms with van der Waals surface area (Å²) in [6.45, 7) is 8.53. The smallest absolute Gasteiger partial charge is 0.191 e. The van der Waals surface area contributed by atoms with E-state index in [-0.39, 0.29) is 24.0 Å². The van der Waals surface area contributed by atoms with Crippen molar-refractivity contribution in [3.05, 3.63) is 24.3 Å². The van der Waals surface area contributed by atoms with Crippen molar-refractivity contribution < 1.29 is 9.47 Å². The molecule has 0 amide bonds. The molecule has 1 aromatic rings. The van der Waals surface area contributed by atoms with Crippen LogP contribution in [0.1, 0.15) is 26.2 Å². The first kappa shape index (κ1) is 25.0. The SMILES string of the molecule is CCNC(=NCCN(CCOC)C1CC1)NC1CCN(c2ccccc2OC)C1.I. The molecule has 1 aliphatic carbocycles. The molecule has 2 fully saturated rings. The van der Waals surface area contributed by atoms with Gasteiger partial charge >= 0.3 is 0 Å². The van der Waals surface area contributed by atoms with E-state index in [9.17, 15) is 0 Å². The molecule has 3 rings (SSSR count). The second kappa shape index (κ2) is 13.2. The summed E-state index contributed by atoms with van der Waals surface area (Å²) in [6.07, 6.45) is 3.71. The van der Waals surface area contributed by atoms with Crippen LogP contribution in [0.3, 0.4) is 0 Å². The molecule has 8 heteroatoms. The van der Waals surface area contributed by atoms with Gasteiger partial charge in [0.15, 0.2) is 5.96 Å². The second-order valence-electron chi connectivity index (χ2n) is 7.77. The summed E-state index contributed by atoms with van der Waals surface area (Å²) in [6, 6.07) is 9.36. The molecule has 1 saturated carbocycles. The van der Waals surface area contributed by atoms with Crippen LogP contribution in [-0.4, -0.2) is 83.0 Å². The van der Waals surface area contributed by atoms with E-state index in [1.165, 1.54) is 18.5 Å². The Hall–Kier alpha value is -1.26. The summed E-state index contributed by atoms with van der Waals surface area (Å²) in [7, 11) is 3.50. The summed E-state index contributed by atoms with van der Waals surface area (Å²) < 4.78 is 10.8. The minimum atomic E-state index is 0. The maximum absolute atomic E-state index is 5.53. The first-order valence-electron chi connectivity index (χ1n) is 10.9. The van der Waals surface area contributed by atoms with Crippen LogP contribution in [0.25, 0.3) is 0 Å². The van der Waals surface area contributed by atoms with Crippen LogP contribution in [0, 0.1) is 0 Å². The van der Waals surface area contributed by atoms with Gasteiger partial charge in [-0.1, -0.05) is 12.1 Å². The highest BCUT2D eigenvalue weighted by molar-refractivity contribution is 14.0. The van der Waals surface area contributed by atoms with E-state index in [0.717, 1.165) is 70.0 Å². The van der Waals surface area contributed by atoms with Crippen molar-refractivity contribution in [2.24, 2.45) is 4.99 Å². The molecule has 30 heavy (non-hydrogen) atoms. The number of guanidine groups is 1. The van der Waals surface area contributed by atoms with Crippen LogP contribution in [-0.2, 0) is 4.74 Å². The van der Waals surface area contributed by atoms with E-state index < -0.39 is 0 Å². The number of aliphatic imine (C=N–C) groups is 1. The first-order valence-corrected chi connectivity index (χ1v) is 10.9. The Kier molecular flexibility index (Phi) is 11.0. The Morgan fingerprint density at radius 1 is 1.20 bits per heavy atom. The zero-order valence-corrected chi connectivity index (χ0v) is 20.9. The number of halogens is 1. The van der Waals surface area contributed by atoms with Crippen molar-refractivity contribution in [2.75, 3.05) is 65.0 Å². The maximum atomic E-state index is 5.53. The summed E-state index contributed by atoms with van der Waals surface area (Å²) in [5.74, 6) is 1.85. The lowest BCUT2D eigenvalue weighted by Gasteiger charge is -2.23. The lowest BCUT2D eigenvalue weighted by atomic mass is 10.2. The predicted octanol–water partition coefficient (Wildman–Crippen LogP) is 2.56. The van der Waals surface area contributed by atoms with Crippen molar-refractivity contribution in [1.82, 2.24) is 15.5 Å². The normalized spacial score (nSPS) is 19.0. The fourth-order valence-corrected chi connectivity index (χ4v) is 3.92. The highest BCUT2D eigenvalue weighted by atomic mass is 127. The van der Waals surface area contributed by atoms with Crippen LogP contribution in [0.2, 0.25) is 0 Å². The van der Waals surface area contributed by atoms with Gasteiger partial charge in [-0.2, -0.15) is 0 Å². The quantitative estimate of drug-likeness (QED) is 0.260. The van der Waals surface area contributed by atoms with E-state index in [2.05, 4.69) is 39.5 Å². The van der Waals surface area contributed by atoms with Crippen LogP contribution < -0.4 is 20.3 Å². The molecule has 0 bridgehead atoms. The van der Waals surface area contributed by atoms with E-state index >= 15 is 0 Å². The molecule has 2 aliphatic rings. The predicted molar refractivity (Wildman–Crippen MR) is 135 cm³/mol. The van der Waals surface area contributed by atoms with E-state index in [4.69, 9.17) is 14.5 Å². The van der Waals surface area contributed by atoms with Gasteiger partial charge in [0.1, 0.15) is 5.75 Å². The average Bonchev–Trinajstić information content (AvgIpc) is 3.49. The van der Waals surface area contributed by atoms with Gasteiger partial charge in [0, 0.05) is 51.9 Å². The summed E-state index contributed by atoms with van der Waals surface area (Å²) in [5.41, 5.74) is 1.17. The summed E-state index contributed by atoms with van der Waals surface area (Å²) in [5, 5.41) is 7.03. The lowest BCUT2D eigenvalue weighted by molar-refractivity contribution is 0.145. The average molecular weight is 531 g/mol. The molecular weight excluding hydrogens is 493 g/mol. The van der Waals surface area contributed by atoms with Crippen molar-refractivity contribution in [3.63, 3.8) is 0 Å². The molecule has 7 nitrogen and oxygen atoms in total. The Labute approximate surface area is 198 Å². The lowest BCUT2D eigenvalue weighted by Crippen LogP contribution is -2.45. The molecule has 0 aromatic heterocycles. The number of anilines is 1. The summed E-state index contributed by atoms with van der Waals surface area (Å²) >= 11 is 0. The van der Waals surface area contributed by atoms with Gasteiger partial charge in [-0.3, -0.25) is 9.89 Å². The number of nitrogens with zero attached hydrogens (tertiary/aromatic N) is 3. The molecule has 1 saturated heterocycles. The fraction of sp³-hybridized carbons (Fsp3) is 0.682. The van der Waals surface area contributed by atoms with Gasteiger partial charge in [-0.25, -0.2) is 0 Å². The topological polar surface area (TPSA) is 61.4 Å². The number of hydrogen-bond acceptors (Lipinski definition) is 5. The highest BCUT2D eigenvalue weighted by Gasteiger charge is 2.28. The monoisotopic (exact) mass is 531 g/mol. The number of hydrogen-bond donors (Lipinski definition) is 2. The zero-order valence-electron chi connectivity index (χ0n) is 18.6. The number of ether oxygens (including phenoxy) is 2. The minimum absolute atomic E-state index is 0. The number of methoxy groups -OCH3 is 2. The molecule has 0 radical (unpaired) electrons. The molecule has 1 atom stereocenters. The third-order valence-electron chi connectivity index (χ3n) is 5.60. The fourth-order valence-electron chi connectivity index (χ4n) is 3.92. The Bertz CT molecular complexity index is 656. The van der Waals surface area contributed by atoms with Gasteiger partial charge < -0.3 is 25.0 Å². The van der Waals surface area contributed by atoms with Crippen molar-refractivity contribution in [3.8, 4) is 5.75 Å². The molecule has 0 spiro atoms. The Morgan fingerprint density at radius 3 is 2.70 bits per heavy atom. The molecule has 1 aromatic carbocycles. The first-order chi connectivity index (χ1) is 14.2. The van der Waals surface area contributed by atoms with Gasteiger partial charge in [0.25, 0.3) is 0 Å². The van der Waals surface area contributed by atoms with Gasteiger partial charge in [0.05, 0.1) is 25.9 Å². The van der Waals surface area contributed by atoms with E-state index in [0.29, 0.717) is 6.04 Å². The zero-order chi connectivity index (χ0) is 20.5. The van der Waals surface area contributed by atoms with Crippen molar-refractivity contribution in [2.45, 2.75) is 38.3 Å². The highest BCUT2D eigenvalue weighted by Crippen LogP contribution is 2.30. The van der Waals surface area contributed by atoms with E-state index in [1.807, 2.05) is 12.1 Å². The minimum Gasteiger partial charge on any atom is -0.495 e. The molecule has 1 heterocycles. The molecular formula is C22H38IN5O2. The third kappa shape index (κ3) is 7.46. The molecule has 1 aliphatic heterocycles. The number of benzene rings is 1. The standard InChI is InChI=1S/C22H37N5O2.HI/c1-4-23-22(24-12-14-26(15-16-28-2)19-9-10-19)25-18-11-13-27(17-18)20-7-5-6-8-21(20)29-3;/h5-8,18-19H,4,9-17H2,1-3H3,(H2,23,24,25);1H. The van der Waals surface area contributed by atoms with Crippen LogP contribution in [0.5, 0.6) is 5.75 Å². The number of nitrogens with one attached hydrogen (secondary N) is 2.